The maximum atomic E-state index is 12.6. The van der Waals surface area contributed by atoms with Gasteiger partial charge in [0, 0.05) is 18.3 Å². The SMILES string of the molecule is Cc1nc(-c2cccs2)ccc1C(=O)NCc1cnn(Cc2ccccc2)c1. The lowest BCUT2D eigenvalue weighted by Gasteiger charge is -2.08. The number of aryl methyl sites for hydroxylation is 1. The van der Waals surface area contributed by atoms with E-state index in [2.05, 4.69) is 27.5 Å². The van der Waals surface area contributed by atoms with Gasteiger partial charge in [-0.1, -0.05) is 36.4 Å². The summed E-state index contributed by atoms with van der Waals surface area (Å²) in [5.74, 6) is -0.126. The summed E-state index contributed by atoms with van der Waals surface area (Å²) >= 11 is 1.64. The van der Waals surface area contributed by atoms with Gasteiger partial charge in [0.1, 0.15) is 0 Å². The minimum Gasteiger partial charge on any atom is -0.348 e. The Morgan fingerprint density at radius 3 is 2.68 bits per heavy atom. The predicted molar refractivity (Wildman–Crippen MR) is 111 cm³/mol. The number of amides is 1. The van der Waals surface area contributed by atoms with Crippen molar-refractivity contribution in [1.82, 2.24) is 20.1 Å². The Balaban J connectivity index is 1.38. The fraction of sp³-hybridized carbons (Fsp3) is 0.136. The molecule has 0 aliphatic rings. The van der Waals surface area contributed by atoms with E-state index in [1.54, 1.807) is 17.5 Å². The summed E-state index contributed by atoms with van der Waals surface area (Å²) in [6.07, 6.45) is 3.74. The highest BCUT2D eigenvalue weighted by atomic mass is 32.1. The first kappa shape index (κ1) is 18.1. The highest BCUT2D eigenvalue weighted by molar-refractivity contribution is 7.13. The normalized spacial score (nSPS) is 10.8. The van der Waals surface area contributed by atoms with Gasteiger partial charge in [-0.15, -0.1) is 11.3 Å². The number of nitrogens with one attached hydrogen (secondary N) is 1. The van der Waals surface area contributed by atoms with E-state index >= 15 is 0 Å². The molecule has 0 radical (unpaired) electrons. The molecule has 6 heteroatoms. The predicted octanol–water partition coefficient (Wildman–Crippen LogP) is 4.29. The molecule has 3 aromatic heterocycles. The smallest absolute Gasteiger partial charge is 0.253 e. The van der Waals surface area contributed by atoms with E-state index in [4.69, 9.17) is 0 Å². The summed E-state index contributed by atoms with van der Waals surface area (Å²) in [6.45, 7) is 3.01. The van der Waals surface area contributed by atoms with Crippen molar-refractivity contribution in [3.8, 4) is 10.6 Å². The number of thiophene rings is 1. The van der Waals surface area contributed by atoms with Gasteiger partial charge in [0.15, 0.2) is 0 Å². The lowest BCUT2D eigenvalue weighted by Crippen LogP contribution is -2.23. The number of carbonyl (C=O) groups excluding carboxylic acids is 1. The Morgan fingerprint density at radius 1 is 1.07 bits per heavy atom. The molecule has 140 valence electrons. The molecule has 0 atom stereocenters. The van der Waals surface area contributed by atoms with Crippen molar-refractivity contribution in [2.45, 2.75) is 20.0 Å². The maximum absolute atomic E-state index is 12.6. The quantitative estimate of drug-likeness (QED) is 0.536. The molecule has 0 aliphatic carbocycles. The number of hydrogen-bond acceptors (Lipinski definition) is 4. The molecule has 0 fully saturated rings. The van der Waals surface area contributed by atoms with E-state index in [1.807, 2.05) is 65.6 Å². The third-order valence-electron chi connectivity index (χ3n) is 4.43. The van der Waals surface area contributed by atoms with Gasteiger partial charge in [0.05, 0.1) is 34.6 Å². The fourth-order valence-corrected chi connectivity index (χ4v) is 3.69. The Bertz CT molecular complexity index is 1070. The molecule has 3 heterocycles. The van der Waals surface area contributed by atoms with Gasteiger partial charge in [-0.3, -0.25) is 14.5 Å². The topological polar surface area (TPSA) is 59.8 Å². The number of pyridine rings is 1. The molecular formula is C22H20N4OS. The van der Waals surface area contributed by atoms with Crippen molar-refractivity contribution in [1.29, 1.82) is 0 Å². The molecule has 5 nitrogen and oxygen atoms in total. The molecule has 0 saturated carbocycles. The minimum atomic E-state index is -0.126. The van der Waals surface area contributed by atoms with E-state index in [9.17, 15) is 4.79 Å². The highest BCUT2D eigenvalue weighted by Crippen LogP contribution is 2.23. The van der Waals surface area contributed by atoms with Crippen molar-refractivity contribution in [2.75, 3.05) is 0 Å². The van der Waals surface area contributed by atoms with Crippen LogP contribution in [0.5, 0.6) is 0 Å². The molecule has 4 rings (SSSR count). The molecule has 0 unspecified atom stereocenters. The number of rotatable bonds is 6. The molecular weight excluding hydrogens is 368 g/mol. The van der Waals surface area contributed by atoms with Crippen LogP contribution in [0.3, 0.4) is 0 Å². The van der Waals surface area contributed by atoms with Gasteiger partial charge in [0.2, 0.25) is 0 Å². The van der Waals surface area contributed by atoms with Crippen LogP contribution in [0.15, 0.2) is 72.4 Å². The summed E-state index contributed by atoms with van der Waals surface area (Å²) in [7, 11) is 0. The van der Waals surface area contributed by atoms with Crippen molar-refractivity contribution < 1.29 is 4.79 Å². The number of benzene rings is 1. The average Bonchev–Trinajstić information content (AvgIpc) is 3.39. The molecule has 1 N–H and O–H groups in total. The van der Waals surface area contributed by atoms with E-state index in [0.29, 0.717) is 18.7 Å². The van der Waals surface area contributed by atoms with Gasteiger partial charge in [0.25, 0.3) is 5.91 Å². The second-order valence-corrected chi connectivity index (χ2v) is 7.47. The van der Waals surface area contributed by atoms with Crippen LogP contribution in [0, 0.1) is 6.92 Å². The Kier molecular flexibility index (Phi) is 5.30. The largest absolute Gasteiger partial charge is 0.348 e. The van der Waals surface area contributed by atoms with Gasteiger partial charge in [-0.05, 0) is 36.1 Å². The molecule has 0 saturated heterocycles. The van der Waals surface area contributed by atoms with E-state index in [0.717, 1.165) is 21.8 Å². The van der Waals surface area contributed by atoms with Crippen LogP contribution >= 0.6 is 11.3 Å². The minimum absolute atomic E-state index is 0.126. The molecule has 0 bridgehead atoms. The van der Waals surface area contributed by atoms with Gasteiger partial charge < -0.3 is 5.32 Å². The third kappa shape index (κ3) is 4.18. The number of nitrogens with zero attached hydrogens (tertiary/aromatic N) is 3. The Labute approximate surface area is 167 Å². The van der Waals surface area contributed by atoms with Gasteiger partial charge >= 0.3 is 0 Å². The zero-order valence-electron chi connectivity index (χ0n) is 15.5. The van der Waals surface area contributed by atoms with Crippen LogP contribution in [-0.2, 0) is 13.1 Å². The zero-order valence-corrected chi connectivity index (χ0v) is 16.3. The third-order valence-corrected chi connectivity index (χ3v) is 5.32. The van der Waals surface area contributed by atoms with E-state index in [1.165, 1.54) is 5.56 Å². The Morgan fingerprint density at radius 2 is 1.93 bits per heavy atom. The first-order chi connectivity index (χ1) is 13.7. The lowest BCUT2D eigenvalue weighted by molar-refractivity contribution is 0.0950. The molecule has 0 aliphatic heterocycles. The highest BCUT2D eigenvalue weighted by Gasteiger charge is 2.12. The summed E-state index contributed by atoms with van der Waals surface area (Å²) < 4.78 is 1.87. The van der Waals surface area contributed by atoms with Crippen LogP contribution in [0.4, 0.5) is 0 Å². The number of hydrogen-bond donors (Lipinski definition) is 1. The molecule has 1 aromatic carbocycles. The number of carbonyl (C=O) groups is 1. The van der Waals surface area contributed by atoms with Crippen molar-refractivity contribution in [3.05, 3.63) is 94.8 Å². The van der Waals surface area contributed by atoms with Crippen LogP contribution in [-0.4, -0.2) is 20.7 Å². The van der Waals surface area contributed by atoms with Crippen LogP contribution in [0.2, 0.25) is 0 Å². The van der Waals surface area contributed by atoms with Crippen molar-refractivity contribution in [3.63, 3.8) is 0 Å². The van der Waals surface area contributed by atoms with E-state index < -0.39 is 0 Å². The molecule has 1 amide bonds. The van der Waals surface area contributed by atoms with Crippen molar-refractivity contribution >= 4 is 17.2 Å². The molecule has 4 aromatic rings. The fourth-order valence-electron chi connectivity index (χ4n) is 2.99. The van der Waals surface area contributed by atoms with Crippen LogP contribution in [0.25, 0.3) is 10.6 Å². The van der Waals surface area contributed by atoms with E-state index in [-0.39, 0.29) is 5.91 Å². The maximum Gasteiger partial charge on any atom is 0.253 e. The summed E-state index contributed by atoms with van der Waals surface area (Å²) in [5, 5.41) is 9.35. The first-order valence-electron chi connectivity index (χ1n) is 9.04. The summed E-state index contributed by atoms with van der Waals surface area (Å²) in [5.41, 5.74) is 4.37. The number of aromatic nitrogens is 3. The standard InChI is InChI=1S/C22H20N4OS/c1-16-19(9-10-20(25-16)21-8-5-11-28-21)22(27)23-12-18-13-24-26(15-18)14-17-6-3-2-4-7-17/h2-11,13,15H,12,14H2,1H3,(H,23,27). The van der Waals surface area contributed by atoms with Gasteiger partial charge in [-0.25, -0.2) is 0 Å². The zero-order chi connectivity index (χ0) is 19.3. The monoisotopic (exact) mass is 388 g/mol. The van der Waals surface area contributed by atoms with Crippen molar-refractivity contribution in [2.24, 2.45) is 0 Å². The Hall–Kier alpha value is -3.25. The first-order valence-corrected chi connectivity index (χ1v) is 9.92. The second-order valence-electron chi connectivity index (χ2n) is 6.52. The summed E-state index contributed by atoms with van der Waals surface area (Å²) in [4.78, 5) is 18.2. The molecule has 0 spiro atoms. The average molecular weight is 388 g/mol. The summed E-state index contributed by atoms with van der Waals surface area (Å²) in [6, 6.07) is 17.9. The van der Waals surface area contributed by atoms with Crippen LogP contribution in [0.1, 0.15) is 27.2 Å². The lowest BCUT2D eigenvalue weighted by atomic mass is 10.1. The van der Waals surface area contributed by atoms with Crippen LogP contribution < -0.4 is 5.32 Å². The second kappa shape index (κ2) is 8.19. The van der Waals surface area contributed by atoms with Gasteiger partial charge in [-0.2, -0.15) is 5.10 Å². The molecule has 28 heavy (non-hydrogen) atoms.